The lowest BCUT2D eigenvalue weighted by atomic mass is 10.0. The zero-order valence-electron chi connectivity index (χ0n) is 19.5. The molecule has 0 saturated carbocycles. The number of nitrogens with one attached hydrogen (secondary N) is 2. The zero-order chi connectivity index (χ0) is 23.8. The predicted molar refractivity (Wildman–Crippen MR) is 139 cm³/mol. The molecule has 9 nitrogen and oxygen atoms in total. The number of aromatic nitrogens is 6. The standard InChI is InChI=1S/C26H27N9/c1-34-24(19-15-30-33-22(19)17-7-3-2-4-8-17)32-23-25(34)28-16-29-26(23)35-13-11-18(12-14-35)31-21-10-6-5-9-20(21)27/h2-10,15-16,18,31H,11-14,27H2,1H3,(H,30,33). The van der Waals surface area contributed by atoms with Gasteiger partial charge in [0.25, 0.3) is 0 Å². The summed E-state index contributed by atoms with van der Waals surface area (Å²) < 4.78 is 2.02. The molecule has 0 unspecified atom stereocenters. The largest absolute Gasteiger partial charge is 0.397 e. The van der Waals surface area contributed by atoms with Gasteiger partial charge in [0.05, 0.1) is 28.8 Å². The number of rotatable bonds is 5. The molecule has 1 aliphatic rings. The van der Waals surface area contributed by atoms with Crippen LogP contribution in [0.2, 0.25) is 0 Å². The molecule has 0 spiro atoms. The maximum absolute atomic E-state index is 6.12. The number of aromatic amines is 1. The number of nitrogen functional groups attached to an aromatic ring is 1. The first-order valence-corrected chi connectivity index (χ1v) is 11.8. The summed E-state index contributed by atoms with van der Waals surface area (Å²) in [6, 6.07) is 18.5. The van der Waals surface area contributed by atoms with Crippen LogP contribution in [0.25, 0.3) is 33.8 Å². The molecule has 9 heteroatoms. The molecule has 0 bridgehead atoms. The first-order chi connectivity index (χ1) is 17.2. The summed E-state index contributed by atoms with van der Waals surface area (Å²) in [4.78, 5) is 16.5. The van der Waals surface area contributed by atoms with E-state index in [4.69, 9.17) is 10.7 Å². The van der Waals surface area contributed by atoms with Crippen LogP contribution in [-0.4, -0.2) is 48.8 Å². The highest BCUT2D eigenvalue weighted by Gasteiger charge is 2.25. The minimum atomic E-state index is 0.368. The van der Waals surface area contributed by atoms with Crippen LogP contribution in [0.3, 0.4) is 0 Å². The highest BCUT2D eigenvalue weighted by Crippen LogP contribution is 2.33. The fourth-order valence-electron chi connectivity index (χ4n) is 4.82. The second-order valence-electron chi connectivity index (χ2n) is 8.88. The van der Waals surface area contributed by atoms with Crippen molar-refractivity contribution in [1.82, 2.24) is 29.7 Å². The van der Waals surface area contributed by atoms with Gasteiger partial charge in [-0.1, -0.05) is 42.5 Å². The minimum Gasteiger partial charge on any atom is -0.397 e. The Labute approximate surface area is 203 Å². The predicted octanol–water partition coefficient (Wildman–Crippen LogP) is 4.08. The van der Waals surface area contributed by atoms with Gasteiger partial charge >= 0.3 is 0 Å². The average Bonchev–Trinajstić information content (AvgIpc) is 3.51. The highest BCUT2D eigenvalue weighted by atomic mass is 15.2. The maximum Gasteiger partial charge on any atom is 0.165 e. The van der Waals surface area contributed by atoms with Crippen molar-refractivity contribution in [2.45, 2.75) is 18.9 Å². The van der Waals surface area contributed by atoms with E-state index < -0.39 is 0 Å². The fourth-order valence-corrected chi connectivity index (χ4v) is 4.82. The normalized spacial score (nSPS) is 14.5. The molecule has 4 heterocycles. The Morgan fingerprint density at radius 3 is 2.57 bits per heavy atom. The number of hydrogen-bond acceptors (Lipinski definition) is 7. The number of aryl methyl sites for hydroxylation is 1. The second kappa shape index (κ2) is 8.75. The summed E-state index contributed by atoms with van der Waals surface area (Å²) in [7, 11) is 1.99. The van der Waals surface area contributed by atoms with Gasteiger partial charge in [-0.05, 0) is 25.0 Å². The van der Waals surface area contributed by atoms with Crippen molar-refractivity contribution in [3.05, 3.63) is 67.1 Å². The average molecular weight is 466 g/mol. The molecule has 0 radical (unpaired) electrons. The van der Waals surface area contributed by atoms with Crippen molar-refractivity contribution in [2.75, 3.05) is 29.0 Å². The van der Waals surface area contributed by atoms with E-state index in [0.717, 1.165) is 76.9 Å². The lowest BCUT2D eigenvalue weighted by Gasteiger charge is -2.33. The third kappa shape index (κ3) is 3.84. The Bertz CT molecular complexity index is 1460. The lowest BCUT2D eigenvalue weighted by molar-refractivity contribution is 0.524. The molecule has 6 rings (SSSR count). The molecule has 35 heavy (non-hydrogen) atoms. The molecule has 5 aromatic rings. The van der Waals surface area contributed by atoms with Crippen molar-refractivity contribution in [1.29, 1.82) is 0 Å². The van der Waals surface area contributed by atoms with E-state index in [0.29, 0.717) is 6.04 Å². The molecular formula is C26H27N9. The third-order valence-corrected chi connectivity index (χ3v) is 6.69. The summed E-state index contributed by atoms with van der Waals surface area (Å²) in [5.41, 5.74) is 12.4. The topological polar surface area (TPSA) is 114 Å². The maximum atomic E-state index is 6.12. The summed E-state index contributed by atoms with van der Waals surface area (Å²) in [6.45, 7) is 1.76. The quantitative estimate of drug-likeness (QED) is 0.335. The summed E-state index contributed by atoms with van der Waals surface area (Å²) in [6.07, 6.45) is 5.42. The Balaban J connectivity index is 1.28. The number of para-hydroxylation sites is 2. The van der Waals surface area contributed by atoms with E-state index >= 15 is 0 Å². The highest BCUT2D eigenvalue weighted by molar-refractivity contribution is 5.89. The van der Waals surface area contributed by atoms with Crippen molar-refractivity contribution in [3.8, 4) is 22.6 Å². The van der Waals surface area contributed by atoms with Gasteiger partial charge in [-0.15, -0.1) is 0 Å². The molecule has 0 atom stereocenters. The van der Waals surface area contributed by atoms with Gasteiger partial charge in [0.2, 0.25) is 0 Å². The number of hydrogen-bond donors (Lipinski definition) is 3. The molecule has 1 saturated heterocycles. The molecule has 1 aliphatic heterocycles. The minimum absolute atomic E-state index is 0.368. The molecule has 3 aromatic heterocycles. The van der Waals surface area contributed by atoms with Crippen LogP contribution in [0.1, 0.15) is 12.8 Å². The number of anilines is 3. The summed E-state index contributed by atoms with van der Waals surface area (Å²) >= 11 is 0. The fraction of sp³-hybridized carbons (Fsp3) is 0.231. The van der Waals surface area contributed by atoms with Crippen molar-refractivity contribution in [3.63, 3.8) is 0 Å². The van der Waals surface area contributed by atoms with E-state index in [1.165, 1.54) is 0 Å². The van der Waals surface area contributed by atoms with Gasteiger partial charge in [0.15, 0.2) is 17.0 Å². The number of H-pyrrole nitrogens is 1. The Kier molecular flexibility index (Phi) is 5.29. The van der Waals surface area contributed by atoms with E-state index in [1.807, 2.05) is 60.3 Å². The second-order valence-corrected chi connectivity index (χ2v) is 8.88. The number of nitrogens with zero attached hydrogens (tertiary/aromatic N) is 6. The van der Waals surface area contributed by atoms with E-state index in [-0.39, 0.29) is 0 Å². The van der Waals surface area contributed by atoms with Gasteiger partial charge in [0, 0.05) is 31.7 Å². The van der Waals surface area contributed by atoms with Gasteiger partial charge in [-0.2, -0.15) is 5.10 Å². The number of imidazole rings is 1. The van der Waals surface area contributed by atoms with Crippen LogP contribution in [-0.2, 0) is 7.05 Å². The van der Waals surface area contributed by atoms with Crippen LogP contribution < -0.4 is 16.0 Å². The van der Waals surface area contributed by atoms with Crippen LogP contribution in [0.5, 0.6) is 0 Å². The van der Waals surface area contributed by atoms with Crippen molar-refractivity contribution in [2.24, 2.45) is 7.05 Å². The molecule has 0 amide bonds. The van der Waals surface area contributed by atoms with Gasteiger partial charge in [-0.3, -0.25) is 5.10 Å². The molecular weight excluding hydrogens is 438 g/mol. The van der Waals surface area contributed by atoms with Crippen LogP contribution in [0, 0.1) is 0 Å². The third-order valence-electron chi connectivity index (χ3n) is 6.69. The molecule has 4 N–H and O–H groups in total. The lowest BCUT2D eigenvalue weighted by Crippen LogP contribution is -2.39. The Morgan fingerprint density at radius 2 is 1.77 bits per heavy atom. The van der Waals surface area contributed by atoms with Crippen LogP contribution in [0.15, 0.2) is 67.1 Å². The number of benzene rings is 2. The Hall–Kier alpha value is -4.40. The molecule has 2 aromatic carbocycles. The monoisotopic (exact) mass is 465 g/mol. The van der Waals surface area contributed by atoms with Gasteiger partial charge in [0.1, 0.15) is 12.2 Å². The van der Waals surface area contributed by atoms with Crippen molar-refractivity contribution >= 4 is 28.4 Å². The first-order valence-electron chi connectivity index (χ1n) is 11.8. The number of nitrogens with two attached hydrogens (primary N) is 1. The molecule has 176 valence electrons. The van der Waals surface area contributed by atoms with Crippen LogP contribution in [0.4, 0.5) is 17.2 Å². The number of fused-ring (bicyclic) bond motifs is 1. The van der Waals surface area contributed by atoms with E-state index in [9.17, 15) is 0 Å². The Morgan fingerprint density at radius 1 is 1.00 bits per heavy atom. The van der Waals surface area contributed by atoms with Gasteiger partial charge in [-0.25, -0.2) is 15.0 Å². The van der Waals surface area contributed by atoms with E-state index in [1.54, 1.807) is 6.33 Å². The van der Waals surface area contributed by atoms with E-state index in [2.05, 4.69) is 42.5 Å². The number of piperidine rings is 1. The molecule has 1 fully saturated rings. The molecule has 0 aliphatic carbocycles. The first kappa shape index (κ1) is 21.2. The summed E-state index contributed by atoms with van der Waals surface area (Å²) in [5.74, 6) is 1.68. The SMILES string of the molecule is Cn1c(-c2cn[nH]c2-c2ccccc2)nc2c(N3CCC(Nc4ccccc4N)CC3)ncnc21. The zero-order valence-corrected chi connectivity index (χ0v) is 19.5. The van der Waals surface area contributed by atoms with Crippen molar-refractivity contribution < 1.29 is 0 Å². The van der Waals surface area contributed by atoms with Gasteiger partial charge < -0.3 is 20.5 Å². The smallest absolute Gasteiger partial charge is 0.165 e. The summed E-state index contributed by atoms with van der Waals surface area (Å²) in [5, 5.41) is 11.0. The van der Waals surface area contributed by atoms with Crippen LogP contribution >= 0.6 is 0 Å².